The Hall–Kier alpha value is -1.82. The van der Waals surface area contributed by atoms with E-state index in [2.05, 4.69) is 15.9 Å². The molecule has 0 spiro atoms. The minimum absolute atomic E-state index is 0.0176. The van der Waals surface area contributed by atoms with Crippen LogP contribution in [0.2, 0.25) is 0 Å². The number of carbonyl (C=O) groups is 2. The number of hydrogen-bond donors (Lipinski definition) is 0. The maximum absolute atomic E-state index is 11.8. The summed E-state index contributed by atoms with van der Waals surface area (Å²) in [6, 6.07) is 3.40. The van der Waals surface area contributed by atoms with E-state index in [1.54, 1.807) is 19.1 Å². The highest BCUT2D eigenvalue weighted by Crippen LogP contribution is 2.36. The molecule has 0 aliphatic carbocycles. The van der Waals surface area contributed by atoms with Crippen LogP contribution in [-0.2, 0) is 14.3 Å². The van der Waals surface area contributed by atoms with Crippen molar-refractivity contribution in [3.05, 3.63) is 27.7 Å². The Bertz CT molecular complexity index is 578. The molecule has 0 saturated heterocycles. The third kappa shape index (κ3) is 4.32. The predicted molar refractivity (Wildman–Crippen MR) is 82.5 cm³/mol. The first-order valence-electron chi connectivity index (χ1n) is 6.25. The molecule has 0 fully saturated rings. The molecule has 5 nitrogen and oxygen atoms in total. The summed E-state index contributed by atoms with van der Waals surface area (Å²) < 4.78 is 16.0. The average Bonchev–Trinajstić information content (AvgIpc) is 2.43. The van der Waals surface area contributed by atoms with Gasteiger partial charge in [0.1, 0.15) is 5.57 Å². The van der Waals surface area contributed by atoms with E-state index < -0.39 is 5.97 Å². The number of ketones is 1. The zero-order chi connectivity index (χ0) is 16.0. The smallest absolute Gasteiger partial charge is 0.341 e. The first kappa shape index (κ1) is 17.2. The van der Waals surface area contributed by atoms with E-state index in [0.717, 1.165) is 0 Å². The van der Waals surface area contributed by atoms with Gasteiger partial charge < -0.3 is 14.2 Å². The SMILES string of the molecule is CCOC(=O)/C(=C\c1cc(Br)c(OC)c(OC)c1)C(C)=O. The third-order valence-corrected chi connectivity index (χ3v) is 3.23. The first-order chi connectivity index (χ1) is 9.94. The standard InChI is InChI=1S/C15H17BrO5/c1-5-21-15(18)11(9(2)17)6-10-7-12(16)14(20-4)13(8-10)19-3/h6-8H,5H2,1-4H3/b11-6-. The fourth-order valence-electron chi connectivity index (χ4n) is 1.70. The summed E-state index contributed by atoms with van der Waals surface area (Å²) in [4.78, 5) is 23.4. The van der Waals surface area contributed by atoms with Crippen LogP contribution in [-0.4, -0.2) is 32.6 Å². The lowest BCUT2D eigenvalue weighted by Crippen LogP contribution is -2.13. The number of rotatable bonds is 6. The number of halogens is 1. The number of esters is 1. The summed E-state index contributed by atoms with van der Waals surface area (Å²) >= 11 is 3.36. The molecule has 114 valence electrons. The van der Waals surface area contributed by atoms with Gasteiger partial charge in [-0.1, -0.05) is 0 Å². The minimum Gasteiger partial charge on any atom is -0.493 e. The normalized spacial score (nSPS) is 11.0. The van der Waals surface area contributed by atoms with Crippen LogP contribution in [0, 0.1) is 0 Å². The number of benzene rings is 1. The fourth-order valence-corrected chi connectivity index (χ4v) is 2.32. The van der Waals surface area contributed by atoms with Crippen LogP contribution >= 0.6 is 15.9 Å². The van der Waals surface area contributed by atoms with E-state index in [0.29, 0.717) is 21.5 Å². The van der Waals surface area contributed by atoms with Crippen molar-refractivity contribution in [2.75, 3.05) is 20.8 Å². The molecule has 1 aromatic rings. The highest BCUT2D eigenvalue weighted by Gasteiger charge is 2.17. The second kappa shape index (κ2) is 7.83. The molecule has 0 saturated carbocycles. The van der Waals surface area contributed by atoms with Crippen molar-refractivity contribution >= 4 is 33.8 Å². The monoisotopic (exact) mass is 356 g/mol. The number of hydrogen-bond acceptors (Lipinski definition) is 5. The summed E-state index contributed by atoms with van der Waals surface area (Å²) in [5, 5.41) is 0. The Morgan fingerprint density at radius 1 is 1.24 bits per heavy atom. The third-order valence-electron chi connectivity index (χ3n) is 2.64. The average molecular weight is 357 g/mol. The zero-order valence-electron chi connectivity index (χ0n) is 12.4. The minimum atomic E-state index is -0.643. The molecular formula is C15H17BrO5. The van der Waals surface area contributed by atoms with E-state index >= 15 is 0 Å². The molecule has 0 aliphatic rings. The number of Topliss-reactive ketones (excluding diaryl/α,β-unsaturated/α-hetero) is 1. The summed E-state index contributed by atoms with van der Waals surface area (Å²) in [6.07, 6.45) is 1.47. The van der Waals surface area contributed by atoms with Gasteiger partial charge in [0.2, 0.25) is 0 Å². The van der Waals surface area contributed by atoms with Crippen LogP contribution in [0.15, 0.2) is 22.2 Å². The lowest BCUT2D eigenvalue weighted by atomic mass is 10.1. The first-order valence-corrected chi connectivity index (χ1v) is 7.05. The van der Waals surface area contributed by atoms with Gasteiger partial charge in [0.25, 0.3) is 0 Å². The van der Waals surface area contributed by atoms with Crippen molar-refractivity contribution < 1.29 is 23.8 Å². The quantitative estimate of drug-likeness (QED) is 0.339. The Labute approximate surface area is 132 Å². The molecule has 21 heavy (non-hydrogen) atoms. The van der Waals surface area contributed by atoms with Crippen LogP contribution in [0.4, 0.5) is 0 Å². The van der Waals surface area contributed by atoms with Crippen molar-refractivity contribution in [3.63, 3.8) is 0 Å². The highest BCUT2D eigenvalue weighted by molar-refractivity contribution is 9.10. The van der Waals surface area contributed by atoms with E-state index in [4.69, 9.17) is 14.2 Å². The van der Waals surface area contributed by atoms with Gasteiger partial charge in [-0.3, -0.25) is 4.79 Å². The van der Waals surface area contributed by atoms with Gasteiger partial charge in [0.15, 0.2) is 17.3 Å². The molecule has 6 heteroatoms. The molecule has 0 atom stereocenters. The van der Waals surface area contributed by atoms with Gasteiger partial charge in [-0.25, -0.2) is 4.79 Å². The molecule has 0 aliphatic heterocycles. The van der Waals surface area contributed by atoms with Gasteiger partial charge in [-0.15, -0.1) is 0 Å². The largest absolute Gasteiger partial charge is 0.493 e. The van der Waals surface area contributed by atoms with Crippen LogP contribution < -0.4 is 9.47 Å². The predicted octanol–water partition coefficient (Wildman–Crippen LogP) is 3.00. The highest BCUT2D eigenvalue weighted by atomic mass is 79.9. The summed E-state index contributed by atoms with van der Waals surface area (Å²) in [5.41, 5.74) is 0.605. The molecule has 0 amide bonds. The number of ether oxygens (including phenoxy) is 3. The Balaban J connectivity index is 3.31. The molecule has 0 aromatic heterocycles. The topological polar surface area (TPSA) is 61.8 Å². The molecule has 0 unspecified atom stereocenters. The van der Waals surface area contributed by atoms with E-state index in [1.165, 1.54) is 27.2 Å². The molecule has 1 aromatic carbocycles. The van der Waals surface area contributed by atoms with Crippen molar-refractivity contribution in [1.82, 2.24) is 0 Å². The number of carbonyl (C=O) groups excluding carboxylic acids is 2. The molecule has 0 N–H and O–H groups in total. The van der Waals surface area contributed by atoms with E-state index in [1.807, 2.05) is 0 Å². The number of methoxy groups -OCH3 is 2. The summed E-state index contributed by atoms with van der Waals surface area (Å²) in [6.45, 7) is 3.21. The van der Waals surface area contributed by atoms with Crippen molar-refractivity contribution in [2.24, 2.45) is 0 Å². The van der Waals surface area contributed by atoms with E-state index in [-0.39, 0.29) is 18.0 Å². The van der Waals surface area contributed by atoms with Crippen LogP contribution in [0.1, 0.15) is 19.4 Å². The molecule has 1 rings (SSSR count). The Kier molecular flexibility index (Phi) is 6.42. The second-order valence-corrected chi connectivity index (χ2v) is 4.93. The van der Waals surface area contributed by atoms with Crippen molar-refractivity contribution in [2.45, 2.75) is 13.8 Å². The fraction of sp³-hybridized carbons (Fsp3) is 0.333. The van der Waals surface area contributed by atoms with Crippen molar-refractivity contribution in [1.29, 1.82) is 0 Å². The van der Waals surface area contributed by atoms with Crippen LogP contribution in [0.3, 0.4) is 0 Å². The second-order valence-electron chi connectivity index (χ2n) is 4.07. The van der Waals surface area contributed by atoms with E-state index in [9.17, 15) is 9.59 Å². The summed E-state index contributed by atoms with van der Waals surface area (Å²) in [7, 11) is 3.03. The van der Waals surface area contributed by atoms with Crippen molar-refractivity contribution in [3.8, 4) is 11.5 Å². The lowest BCUT2D eigenvalue weighted by molar-refractivity contribution is -0.139. The Morgan fingerprint density at radius 2 is 1.90 bits per heavy atom. The van der Waals surface area contributed by atoms with Gasteiger partial charge in [-0.2, -0.15) is 0 Å². The van der Waals surface area contributed by atoms with Gasteiger partial charge in [0.05, 0.1) is 25.3 Å². The van der Waals surface area contributed by atoms with Crippen LogP contribution in [0.5, 0.6) is 11.5 Å². The van der Waals surface area contributed by atoms with Gasteiger partial charge >= 0.3 is 5.97 Å². The molecular weight excluding hydrogens is 340 g/mol. The molecule has 0 radical (unpaired) electrons. The van der Waals surface area contributed by atoms with Crippen LogP contribution in [0.25, 0.3) is 6.08 Å². The molecule has 0 heterocycles. The molecule has 0 bridgehead atoms. The van der Waals surface area contributed by atoms with Gasteiger partial charge in [-0.05, 0) is 53.5 Å². The van der Waals surface area contributed by atoms with Gasteiger partial charge in [0, 0.05) is 0 Å². The maximum Gasteiger partial charge on any atom is 0.341 e. The Morgan fingerprint density at radius 3 is 2.38 bits per heavy atom. The lowest BCUT2D eigenvalue weighted by Gasteiger charge is -2.11. The zero-order valence-corrected chi connectivity index (χ0v) is 13.9. The maximum atomic E-state index is 11.8. The summed E-state index contributed by atoms with van der Waals surface area (Å²) in [5.74, 6) is 0.0234.